The predicted molar refractivity (Wildman–Crippen MR) is 89.3 cm³/mol. The Labute approximate surface area is 132 Å². The van der Waals surface area contributed by atoms with Crippen LogP contribution in [0.15, 0.2) is 36.4 Å². The Morgan fingerprint density at radius 2 is 1.67 bits per heavy atom. The van der Waals surface area contributed by atoms with Crippen molar-refractivity contribution in [2.75, 3.05) is 12.4 Å². The summed E-state index contributed by atoms with van der Waals surface area (Å²) >= 11 is 12.1. The summed E-state index contributed by atoms with van der Waals surface area (Å²) in [6, 6.07) is 11.3. The van der Waals surface area contributed by atoms with Crippen LogP contribution in [0.25, 0.3) is 22.3 Å². The molecule has 1 N–H and O–H groups in total. The molecule has 3 nitrogen and oxygen atoms in total. The summed E-state index contributed by atoms with van der Waals surface area (Å²) in [5.41, 5.74) is 2.80. The van der Waals surface area contributed by atoms with Crippen LogP contribution in [0.1, 0.15) is 5.56 Å². The molecule has 0 bridgehead atoms. The summed E-state index contributed by atoms with van der Waals surface area (Å²) in [5.74, 6) is 1.43. The average molecular weight is 318 g/mol. The number of halogens is 2. The molecule has 0 aliphatic heterocycles. The first-order valence-corrected chi connectivity index (χ1v) is 7.25. The van der Waals surface area contributed by atoms with E-state index in [0.717, 1.165) is 27.8 Å². The van der Waals surface area contributed by atoms with Gasteiger partial charge in [0.25, 0.3) is 0 Å². The van der Waals surface area contributed by atoms with Gasteiger partial charge in [-0.2, -0.15) is 0 Å². The van der Waals surface area contributed by atoms with E-state index in [9.17, 15) is 0 Å². The molecule has 0 fully saturated rings. The predicted octanol–water partition coefficient (Wildman–Crippen LogP) is 4.95. The van der Waals surface area contributed by atoms with Crippen molar-refractivity contribution in [3.05, 3.63) is 52.0 Å². The van der Waals surface area contributed by atoms with Gasteiger partial charge in [0.15, 0.2) is 5.82 Å². The molecule has 0 spiro atoms. The molecule has 0 aliphatic carbocycles. The quantitative estimate of drug-likeness (QED) is 0.726. The highest BCUT2D eigenvalue weighted by molar-refractivity contribution is 6.31. The standard InChI is InChI=1S/C16H13Cl2N3/c1-9-7-10(17)3-5-12(9)16-20-14-8-11(18)4-6-13(14)15(19-2)21-16/h3-8H,1-2H3,(H,19,20,21). The summed E-state index contributed by atoms with van der Waals surface area (Å²) in [4.78, 5) is 9.23. The number of nitrogens with zero attached hydrogens (tertiary/aromatic N) is 2. The van der Waals surface area contributed by atoms with Crippen LogP contribution < -0.4 is 5.32 Å². The number of anilines is 1. The third-order valence-corrected chi connectivity index (χ3v) is 3.80. The molecule has 3 rings (SSSR count). The van der Waals surface area contributed by atoms with Crippen LogP contribution in [0.3, 0.4) is 0 Å². The molecule has 21 heavy (non-hydrogen) atoms. The van der Waals surface area contributed by atoms with Crippen LogP contribution in [0.4, 0.5) is 5.82 Å². The van der Waals surface area contributed by atoms with Gasteiger partial charge in [-0.15, -0.1) is 0 Å². The van der Waals surface area contributed by atoms with Crippen molar-refractivity contribution < 1.29 is 0 Å². The molecule has 0 unspecified atom stereocenters. The van der Waals surface area contributed by atoms with E-state index in [4.69, 9.17) is 23.2 Å². The van der Waals surface area contributed by atoms with Crippen LogP contribution in [-0.4, -0.2) is 17.0 Å². The van der Waals surface area contributed by atoms with Gasteiger partial charge >= 0.3 is 0 Å². The second-order valence-electron chi connectivity index (χ2n) is 4.77. The minimum Gasteiger partial charge on any atom is -0.373 e. The molecule has 0 radical (unpaired) electrons. The lowest BCUT2D eigenvalue weighted by Crippen LogP contribution is -1.99. The Hall–Kier alpha value is -1.84. The molecular formula is C16H13Cl2N3. The fourth-order valence-electron chi connectivity index (χ4n) is 2.29. The summed E-state index contributed by atoms with van der Waals surface area (Å²) in [7, 11) is 1.84. The number of hydrogen-bond acceptors (Lipinski definition) is 3. The second kappa shape index (κ2) is 5.51. The molecule has 0 amide bonds. The SMILES string of the molecule is CNc1nc(-c2ccc(Cl)cc2C)nc2cc(Cl)ccc12. The van der Waals surface area contributed by atoms with E-state index in [0.29, 0.717) is 15.9 Å². The number of benzene rings is 2. The first kappa shape index (κ1) is 14.1. The van der Waals surface area contributed by atoms with E-state index in [1.54, 1.807) is 0 Å². The van der Waals surface area contributed by atoms with Crippen LogP contribution >= 0.6 is 23.2 Å². The van der Waals surface area contributed by atoms with Gasteiger partial charge in [0.1, 0.15) is 5.82 Å². The number of aryl methyl sites for hydroxylation is 1. The van der Waals surface area contributed by atoms with Crippen LogP contribution in [0, 0.1) is 6.92 Å². The first-order chi connectivity index (χ1) is 10.1. The van der Waals surface area contributed by atoms with E-state index in [2.05, 4.69) is 15.3 Å². The Morgan fingerprint density at radius 3 is 2.38 bits per heavy atom. The third kappa shape index (κ3) is 2.67. The number of hydrogen-bond donors (Lipinski definition) is 1. The normalized spacial score (nSPS) is 10.9. The van der Waals surface area contributed by atoms with Crippen molar-refractivity contribution in [2.45, 2.75) is 6.92 Å². The van der Waals surface area contributed by atoms with Gasteiger partial charge in [-0.05, 0) is 48.9 Å². The monoisotopic (exact) mass is 317 g/mol. The Balaban J connectivity index is 2.27. The Kier molecular flexibility index (Phi) is 3.70. The maximum atomic E-state index is 6.07. The van der Waals surface area contributed by atoms with Crippen molar-refractivity contribution >= 4 is 39.9 Å². The van der Waals surface area contributed by atoms with Crippen molar-refractivity contribution in [3.63, 3.8) is 0 Å². The number of fused-ring (bicyclic) bond motifs is 1. The molecule has 0 atom stereocenters. The van der Waals surface area contributed by atoms with E-state index in [1.807, 2.05) is 50.4 Å². The molecule has 1 heterocycles. The minimum absolute atomic E-state index is 0.655. The highest BCUT2D eigenvalue weighted by Crippen LogP contribution is 2.29. The molecule has 1 aromatic heterocycles. The second-order valence-corrected chi connectivity index (χ2v) is 5.64. The van der Waals surface area contributed by atoms with Crippen molar-refractivity contribution in [2.24, 2.45) is 0 Å². The number of nitrogens with one attached hydrogen (secondary N) is 1. The zero-order valence-electron chi connectivity index (χ0n) is 11.6. The van der Waals surface area contributed by atoms with Crippen LogP contribution in [0.2, 0.25) is 10.0 Å². The van der Waals surface area contributed by atoms with Gasteiger partial charge in [0.05, 0.1) is 5.52 Å². The van der Waals surface area contributed by atoms with Gasteiger partial charge < -0.3 is 5.32 Å². The fraction of sp³-hybridized carbons (Fsp3) is 0.125. The average Bonchev–Trinajstić information content (AvgIpc) is 2.45. The molecule has 106 valence electrons. The molecular weight excluding hydrogens is 305 g/mol. The lowest BCUT2D eigenvalue weighted by Gasteiger charge is -2.10. The van der Waals surface area contributed by atoms with E-state index in [-0.39, 0.29) is 0 Å². The number of aromatic nitrogens is 2. The van der Waals surface area contributed by atoms with Gasteiger partial charge in [-0.3, -0.25) is 0 Å². The summed E-state index contributed by atoms with van der Waals surface area (Å²) in [6.45, 7) is 1.99. The fourth-order valence-corrected chi connectivity index (χ4v) is 2.68. The van der Waals surface area contributed by atoms with Crippen molar-refractivity contribution in [3.8, 4) is 11.4 Å². The van der Waals surface area contributed by atoms with E-state index < -0.39 is 0 Å². The Bertz CT molecular complexity index is 831. The molecule has 5 heteroatoms. The maximum absolute atomic E-state index is 6.07. The summed E-state index contributed by atoms with van der Waals surface area (Å²) in [5, 5.41) is 5.41. The zero-order valence-corrected chi connectivity index (χ0v) is 13.1. The van der Waals surface area contributed by atoms with Crippen molar-refractivity contribution in [1.29, 1.82) is 0 Å². The smallest absolute Gasteiger partial charge is 0.162 e. The largest absolute Gasteiger partial charge is 0.373 e. The van der Waals surface area contributed by atoms with Gasteiger partial charge in [0.2, 0.25) is 0 Å². The Morgan fingerprint density at radius 1 is 0.952 bits per heavy atom. The number of rotatable bonds is 2. The molecule has 0 saturated carbocycles. The van der Waals surface area contributed by atoms with Gasteiger partial charge in [0, 0.05) is 28.0 Å². The van der Waals surface area contributed by atoms with E-state index >= 15 is 0 Å². The minimum atomic E-state index is 0.655. The maximum Gasteiger partial charge on any atom is 0.162 e. The first-order valence-electron chi connectivity index (χ1n) is 6.50. The molecule has 0 aliphatic rings. The van der Waals surface area contributed by atoms with Gasteiger partial charge in [-0.25, -0.2) is 9.97 Å². The third-order valence-electron chi connectivity index (χ3n) is 3.33. The highest BCUT2D eigenvalue weighted by Gasteiger charge is 2.11. The van der Waals surface area contributed by atoms with E-state index in [1.165, 1.54) is 0 Å². The van der Waals surface area contributed by atoms with Crippen LogP contribution in [-0.2, 0) is 0 Å². The highest BCUT2D eigenvalue weighted by atomic mass is 35.5. The lowest BCUT2D eigenvalue weighted by molar-refractivity contribution is 1.20. The van der Waals surface area contributed by atoms with Crippen LogP contribution in [0.5, 0.6) is 0 Å². The molecule has 3 aromatic rings. The summed E-state index contributed by atoms with van der Waals surface area (Å²) < 4.78 is 0. The van der Waals surface area contributed by atoms with Crippen molar-refractivity contribution in [1.82, 2.24) is 9.97 Å². The van der Waals surface area contributed by atoms with Gasteiger partial charge in [-0.1, -0.05) is 23.2 Å². The topological polar surface area (TPSA) is 37.8 Å². The molecule has 0 saturated heterocycles. The summed E-state index contributed by atoms with van der Waals surface area (Å²) in [6.07, 6.45) is 0. The lowest BCUT2D eigenvalue weighted by atomic mass is 10.1. The molecule has 2 aromatic carbocycles. The zero-order chi connectivity index (χ0) is 15.0.